The average Bonchev–Trinajstić information content (AvgIpc) is 2.53. The average molecular weight is 388 g/mol. The minimum atomic E-state index is -0.00791. The van der Waals surface area contributed by atoms with Crippen LogP contribution in [0.5, 0.6) is 5.75 Å². The van der Waals surface area contributed by atoms with Crippen molar-refractivity contribution >= 4 is 39.1 Å². The molecule has 0 aromatic heterocycles. The first-order valence-electron chi connectivity index (χ1n) is 6.64. The highest BCUT2D eigenvalue weighted by atomic mass is 127. The van der Waals surface area contributed by atoms with E-state index in [2.05, 4.69) is 22.6 Å². The van der Waals surface area contributed by atoms with Gasteiger partial charge in [0, 0.05) is 5.56 Å². The molecule has 0 aliphatic rings. The lowest BCUT2D eigenvalue weighted by Crippen LogP contribution is -2.12. The fourth-order valence-electron chi connectivity index (χ4n) is 2.25. The molecule has 0 aliphatic carbocycles. The van der Waals surface area contributed by atoms with Crippen LogP contribution < -0.4 is 4.74 Å². The first kappa shape index (κ1) is 14.1. The molecule has 0 spiro atoms. The number of halogens is 1. The van der Waals surface area contributed by atoms with Gasteiger partial charge in [0.1, 0.15) is 5.75 Å². The van der Waals surface area contributed by atoms with Crippen LogP contribution >= 0.6 is 22.6 Å². The SMILES string of the molecule is O=C(COc1ccccc1I)c1cccc2ccccc12. The molecule has 2 nitrogen and oxygen atoms in total. The summed E-state index contributed by atoms with van der Waals surface area (Å²) in [6.45, 7) is 0.0496. The van der Waals surface area contributed by atoms with Gasteiger partial charge in [0.2, 0.25) is 5.78 Å². The number of carbonyl (C=O) groups is 1. The number of carbonyl (C=O) groups excluding carboxylic acids is 1. The summed E-state index contributed by atoms with van der Waals surface area (Å²) in [5.74, 6) is 0.734. The van der Waals surface area contributed by atoms with Gasteiger partial charge in [0.15, 0.2) is 6.61 Å². The van der Waals surface area contributed by atoms with Gasteiger partial charge >= 0.3 is 0 Å². The fourth-order valence-corrected chi connectivity index (χ4v) is 2.79. The van der Waals surface area contributed by atoms with Crippen LogP contribution in [0.2, 0.25) is 0 Å². The normalized spacial score (nSPS) is 10.5. The number of para-hydroxylation sites is 1. The van der Waals surface area contributed by atoms with E-state index < -0.39 is 0 Å². The first-order valence-corrected chi connectivity index (χ1v) is 7.72. The Kier molecular flexibility index (Phi) is 4.20. The zero-order chi connectivity index (χ0) is 14.7. The summed E-state index contributed by atoms with van der Waals surface area (Å²) >= 11 is 2.20. The van der Waals surface area contributed by atoms with E-state index in [-0.39, 0.29) is 12.4 Å². The first-order chi connectivity index (χ1) is 10.3. The molecule has 3 aromatic carbocycles. The van der Waals surface area contributed by atoms with E-state index in [0.29, 0.717) is 5.56 Å². The Bertz CT molecular complexity index is 791. The molecule has 0 radical (unpaired) electrons. The van der Waals surface area contributed by atoms with Gasteiger partial charge in [-0.1, -0.05) is 54.6 Å². The summed E-state index contributed by atoms with van der Waals surface area (Å²) in [7, 11) is 0. The predicted molar refractivity (Wildman–Crippen MR) is 92.9 cm³/mol. The number of hydrogen-bond donors (Lipinski definition) is 0. The van der Waals surface area contributed by atoms with Gasteiger partial charge in [-0.3, -0.25) is 4.79 Å². The van der Waals surface area contributed by atoms with E-state index in [9.17, 15) is 4.79 Å². The lowest BCUT2D eigenvalue weighted by atomic mass is 10.0. The van der Waals surface area contributed by atoms with Crippen LogP contribution in [0.4, 0.5) is 0 Å². The fraction of sp³-hybridized carbons (Fsp3) is 0.0556. The standard InChI is InChI=1S/C18H13IO2/c19-16-10-3-4-11-18(16)21-12-17(20)15-9-5-7-13-6-1-2-8-14(13)15/h1-11H,12H2. The molecule has 3 rings (SSSR count). The maximum absolute atomic E-state index is 12.4. The molecule has 0 saturated carbocycles. The van der Waals surface area contributed by atoms with Crippen LogP contribution in [0.3, 0.4) is 0 Å². The molecule has 0 heterocycles. The molecule has 21 heavy (non-hydrogen) atoms. The lowest BCUT2D eigenvalue weighted by molar-refractivity contribution is 0.0922. The van der Waals surface area contributed by atoms with Crippen molar-refractivity contribution in [1.82, 2.24) is 0 Å². The molecular formula is C18H13IO2. The third-order valence-electron chi connectivity index (χ3n) is 3.29. The van der Waals surface area contributed by atoms with E-state index in [0.717, 1.165) is 20.1 Å². The van der Waals surface area contributed by atoms with Crippen LogP contribution in [0.1, 0.15) is 10.4 Å². The zero-order valence-corrected chi connectivity index (χ0v) is 13.4. The highest BCUT2D eigenvalue weighted by molar-refractivity contribution is 14.1. The Labute approximate surface area is 136 Å². The number of Topliss-reactive ketones (excluding diaryl/α,β-unsaturated/α-hetero) is 1. The number of benzene rings is 3. The predicted octanol–water partition coefficient (Wildman–Crippen LogP) is 4.71. The molecule has 0 N–H and O–H groups in total. The topological polar surface area (TPSA) is 26.3 Å². The van der Waals surface area contributed by atoms with Gasteiger partial charge in [-0.05, 0) is 45.5 Å². The molecule has 0 atom stereocenters. The van der Waals surface area contributed by atoms with E-state index in [4.69, 9.17) is 4.74 Å². The highest BCUT2D eigenvalue weighted by Gasteiger charge is 2.11. The van der Waals surface area contributed by atoms with Gasteiger partial charge in [0.25, 0.3) is 0 Å². The van der Waals surface area contributed by atoms with Crippen molar-refractivity contribution in [3.8, 4) is 5.75 Å². The van der Waals surface area contributed by atoms with E-state index in [1.165, 1.54) is 0 Å². The number of fused-ring (bicyclic) bond motifs is 1. The Morgan fingerprint density at radius 1 is 0.905 bits per heavy atom. The highest BCUT2D eigenvalue weighted by Crippen LogP contribution is 2.22. The van der Waals surface area contributed by atoms with Crippen molar-refractivity contribution in [2.24, 2.45) is 0 Å². The number of ketones is 1. The molecule has 0 unspecified atom stereocenters. The molecule has 3 aromatic rings. The van der Waals surface area contributed by atoms with Crippen molar-refractivity contribution in [2.75, 3.05) is 6.61 Å². The third-order valence-corrected chi connectivity index (χ3v) is 4.18. The second-order valence-electron chi connectivity index (χ2n) is 4.67. The summed E-state index contributed by atoms with van der Waals surface area (Å²) in [6.07, 6.45) is 0. The maximum Gasteiger partial charge on any atom is 0.200 e. The minimum absolute atomic E-state index is 0.00791. The number of ether oxygens (including phenoxy) is 1. The second-order valence-corrected chi connectivity index (χ2v) is 5.83. The largest absolute Gasteiger partial charge is 0.484 e. The van der Waals surface area contributed by atoms with Crippen molar-refractivity contribution in [1.29, 1.82) is 0 Å². The van der Waals surface area contributed by atoms with Crippen LogP contribution in [0.25, 0.3) is 10.8 Å². The Morgan fingerprint density at radius 2 is 1.62 bits per heavy atom. The smallest absolute Gasteiger partial charge is 0.200 e. The molecular weight excluding hydrogens is 375 g/mol. The molecule has 0 aliphatic heterocycles. The monoisotopic (exact) mass is 388 g/mol. The van der Waals surface area contributed by atoms with Gasteiger partial charge in [-0.15, -0.1) is 0 Å². The second kappa shape index (κ2) is 6.26. The molecule has 0 amide bonds. The summed E-state index contributed by atoms with van der Waals surface area (Å²) in [5, 5.41) is 2.04. The molecule has 3 heteroatoms. The van der Waals surface area contributed by atoms with E-state index >= 15 is 0 Å². The Hall–Kier alpha value is -1.88. The quantitative estimate of drug-likeness (QED) is 0.478. The van der Waals surface area contributed by atoms with Crippen molar-refractivity contribution in [2.45, 2.75) is 0 Å². The zero-order valence-electron chi connectivity index (χ0n) is 11.3. The Balaban J connectivity index is 1.83. The van der Waals surface area contributed by atoms with Crippen molar-refractivity contribution in [3.63, 3.8) is 0 Å². The summed E-state index contributed by atoms with van der Waals surface area (Å²) in [6, 6.07) is 21.3. The molecule has 0 fully saturated rings. The third kappa shape index (κ3) is 3.08. The van der Waals surface area contributed by atoms with Gasteiger partial charge in [-0.25, -0.2) is 0 Å². The lowest BCUT2D eigenvalue weighted by Gasteiger charge is -2.09. The molecule has 0 saturated heterocycles. The van der Waals surface area contributed by atoms with Crippen LogP contribution in [0, 0.1) is 3.57 Å². The van der Waals surface area contributed by atoms with Crippen LogP contribution in [-0.2, 0) is 0 Å². The molecule has 0 bridgehead atoms. The Morgan fingerprint density at radius 3 is 2.48 bits per heavy atom. The van der Waals surface area contributed by atoms with Crippen LogP contribution in [-0.4, -0.2) is 12.4 Å². The van der Waals surface area contributed by atoms with E-state index in [1.54, 1.807) is 0 Å². The molecule has 104 valence electrons. The van der Waals surface area contributed by atoms with Crippen molar-refractivity contribution in [3.05, 3.63) is 75.9 Å². The van der Waals surface area contributed by atoms with Gasteiger partial charge < -0.3 is 4.74 Å². The van der Waals surface area contributed by atoms with Crippen molar-refractivity contribution < 1.29 is 9.53 Å². The van der Waals surface area contributed by atoms with E-state index in [1.807, 2.05) is 66.7 Å². The summed E-state index contributed by atoms with van der Waals surface area (Å²) in [5.41, 5.74) is 0.707. The van der Waals surface area contributed by atoms with Crippen LogP contribution in [0.15, 0.2) is 66.7 Å². The summed E-state index contributed by atoms with van der Waals surface area (Å²) < 4.78 is 6.65. The maximum atomic E-state index is 12.4. The van der Waals surface area contributed by atoms with Gasteiger partial charge in [0.05, 0.1) is 3.57 Å². The summed E-state index contributed by atoms with van der Waals surface area (Å²) in [4.78, 5) is 12.4. The number of rotatable bonds is 4. The van der Waals surface area contributed by atoms with Gasteiger partial charge in [-0.2, -0.15) is 0 Å². The number of hydrogen-bond acceptors (Lipinski definition) is 2. The minimum Gasteiger partial charge on any atom is -0.484 e.